The van der Waals surface area contributed by atoms with E-state index in [1.165, 1.54) is 32.1 Å². The first-order valence-corrected chi connectivity index (χ1v) is 7.88. The molecule has 0 aromatic heterocycles. The van der Waals surface area contributed by atoms with Crippen LogP contribution in [0.2, 0.25) is 0 Å². The van der Waals surface area contributed by atoms with Gasteiger partial charge in [0.05, 0.1) is 0 Å². The lowest BCUT2D eigenvalue weighted by Gasteiger charge is -2.61. The monoisotopic (exact) mass is 277 g/mol. The van der Waals surface area contributed by atoms with Gasteiger partial charge in [-0.15, -0.1) is 0 Å². The number of aldehydes is 1. The Morgan fingerprint density at radius 3 is 2.40 bits per heavy atom. The zero-order valence-corrected chi connectivity index (χ0v) is 11.8. The third-order valence-electron chi connectivity index (χ3n) is 6.35. The summed E-state index contributed by atoms with van der Waals surface area (Å²) in [5.74, 6) is 4.18. The molecule has 4 fully saturated rings. The first kappa shape index (κ1) is 12.6. The molecule has 110 valence electrons. The molecule has 1 atom stereocenters. The van der Waals surface area contributed by atoms with E-state index in [4.69, 9.17) is 10.6 Å². The second kappa shape index (κ2) is 4.45. The molecule has 20 heavy (non-hydrogen) atoms. The van der Waals surface area contributed by atoms with Gasteiger partial charge in [0, 0.05) is 6.42 Å². The molecular formula is C15H23N3O2. The van der Waals surface area contributed by atoms with Gasteiger partial charge in [0.15, 0.2) is 6.29 Å². The fraction of sp³-hybridized carbons (Fsp3) is 0.867. The summed E-state index contributed by atoms with van der Waals surface area (Å²) in [5.41, 5.74) is 6.42. The van der Waals surface area contributed by atoms with E-state index in [0.29, 0.717) is 0 Å². The Morgan fingerprint density at radius 1 is 1.25 bits per heavy atom. The fourth-order valence-corrected chi connectivity index (χ4v) is 5.61. The molecule has 5 nitrogen and oxygen atoms in total. The summed E-state index contributed by atoms with van der Waals surface area (Å²) in [4.78, 5) is 15.8. The minimum absolute atomic E-state index is 0.181. The topological polar surface area (TPSA) is 76.7 Å². The van der Waals surface area contributed by atoms with Crippen LogP contribution in [0.1, 0.15) is 38.5 Å². The van der Waals surface area contributed by atoms with Crippen LogP contribution in [-0.2, 0) is 9.63 Å². The van der Waals surface area contributed by atoms with E-state index in [-0.39, 0.29) is 5.41 Å². The van der Waals surface area contributed by atoms with Crippen molar-refractivity contribution in [2.24, 2.45) is 40.0 Å². The second-order valence-electron chi connectivity index (χ2n) is 7.26. The summed E-state index contributed by atoms with van der Waals surface area (Å²) in [7, 11) is 0. The molecule has 1 heterocycles. The zero-order chi connectivity index (χ0) is 13.7. The second-order valence-corrected chi connectivity index (χ2v) is 7.26. The van der Waals surface area contributed by atoms with E-state index in [9.17, 15) is 4.79 Å². The molecule has 0 amide bonds. The quantitative estimate of drug-likeness (QED) is 0.758. The molecule has 3 N–H and O–H groups in total. The molecule has 5 heteroatoms. The molecule has 4 aliphatic carbocycles. The summed E-state index contributed by atoms with van der Waals surface area (Å²) < 4.78 is 0. The van der Waals surface area contributed by atoms with Crippen molar-refractivity contribution >= 4 is 12.1 Å². The van der Waals surface area contributed by atoms with Gasteiger partial charge in [0.1, 0.15) is 5.84 Å². The summed E-state index contributed by atoms with van der Waals surface area (Å²) in [6, 6.07) is 0. The van der Waals surface area contributed by atoms with Gasteiger partial charge in [-0.25, -0.2) is 0 Å². The van der Waals surface area contributed by atoms with Crippen LogP contribution >= 0.6 is 0 Å². The van der Waals surface area contributed by atoms with Gasteiger partial charge in [-0.2, -0.15) is 0 Å². The van der Waals surface area contributed by atoms with Gasteiger partial charge >= 0.3 is 0 Å². The van der Waals surface area contributed by atoms with Crippen LogP contribution in [0.5, 0.6) is 0 Å². The molecule has 1 aliphatic heterocycles. The third kappa shape index (κ3) is 1.72. The molecule has 4 bridgehead atoms. The van der Waals surface area contributed by atoms with Crippen molar-refractivity contribution < 1.29 is 9.63 Å². The first-order valence-electron chi connectivity index (χ1n) is 7.88. The predicted molar refractivity (Wildman–Crippen MR) is 74.7 cm³/mol. The molecule has 4 saturated carbocycles. The van der Waals surface area contributed by atoms with Crippen LogP contribution in [-0.4, -0.2) is 24.9 Å². The average Bonchev–Trinajstić information content (AvgIpc) is 2.90. The largest absolute Gasteiger partial charge is 0.361 e. The number of hydrogen-bond acceptors (Lipinski definition) is 5. The van der Waals surface area contributed by atoms with Crippen molar-refractivity contribution in [3.63, 3.8) is 0 Å². The fourth-order valence-electron chi connectivity index (χ4n) is 5.61. The SMILES string of the molecule is NCC1(CC2=NOC(C=O)N2)C2CC3CC(C2)CC1C3. The Hall–Kier alpha value is -1.10. The summed E-state index contributed by atoms with van der Waals surface area (Å²) in [6.45, 7) is 0.730. The molecular weight excluding hydrogens is 254 g/mol. The van der Waals surface area contributed by atoms with Gasteiger partial charge in [0.2, 0.25) is 0 Å². The Kier molecular flexibility index (Phi) is 2.81. The van der Waals surface area contributed by atoms with Crippen LogP contribution < -0.4 is 11.1 Å². The van der Waals surface area contributed by atoms with Crippen molar-refractivity contribution in [2.45, 2.75) is 44.8 Å². The predicted octanol–water partition coefficient (Wildman–Crippen LogP) is 1.24. The Balaban J connectivity index is 1.56. The third-order valence-corrected chi connectivity index (χ3v) is 6.35. The number of oxime groups is 1. The van der Waals surface area contributed by atoms with Gasteiger partial charge < -0.3 is 15.9 Å². The average molecular weight is 277 g/mol. The minimum atomic E-state index is -0.600. The molecule has 0 aromatic rings. The van der Waals surface area contributed by atoms with Gasteiger partial charge in [-0.1, -0.05) is 5.16 Å². The number of carbonyl (C=O) groups excluding carboxylic acids is 1. The standard InChI is InChI=1S/C15H23N3O2/c16-8-15(6-13-17-14(7-19)20-18-13)11-2-9-1-10(4-11)5-12(15)3-9/h7,9-12,14H,1-6,8,16H2,(H,17,18). The highest BCUT2D eigenvalue weighted by atomic mass is 16.7. The first-order chi connectivity index (χ1) is 9.73. The molecule has 1 unspecified atom stereocenters. The summed E-state index contributed by atoms with van der Waals surface area (Å²) in [6.07, 6.45) is 7.82. The normalized spacial score (nSPS) is 48.6. The highest BCUT2D eigenvalue weighted by Gasteiger charge is 2.56. The van der Waals surface area contributed by atoms with Crippen LogP contribution in [0, 0.1) is 29.1 Å². The Morgan fingerprint density at radius 2 is 1.90 bits per heavy atom. The number of carbonyl (C=O) groups is 1. The number of amidine groups is 1. The Labute approximate surface area is 119 Å². The smallest absolute Gasteiger partial charge is 0.254 e. The number of rotatable bonds is 4. The molecule has 5 aliphatic rings. The molecule has 5 rings (SSSR count). The van der Waals surface area contributed by atoms with E-state index < -0.39 is 6.23 Å². The van der Waals surface area contributed by atoms with Crippen molar-refractivity contribution in [2.75, 3.05) is 6.54 Å². The Bertz CT molecular complexity index is 420. The van der Waals surface area contributed by atoms with Gasteiger partial charge in [-0.05, 0) is 67.7 Å². The van der Waals surface area contributed by atoms with Crippen LogP contribution in [0.4, 0.5) is 0 Å². The van der Waals surface area contributed by atoms with Crippen LogP contribution in [0.15, 0.2) is 5.16 Å². The summed E-state index contributed by atoms with van der Waals surface area (Å²) in [5, 5.41) is 7.11. The van der Waals surface area contributed by atoms with Crippen molar-refractivity contribution in [1.29, 1.82) is 0 Å². The van der Waals surface area contributed by atoms with E-state index in [0.717, 1.165) is 48.8 Å². The minimum Gasteiger partial charge on any atom is -0.361 e. The zero-order valence-electron chi connectivity index (χ0n) is 11.8. The van der Waals surface area contributed by atoms with Gasteiger partial charge in [-0.3, -0.25) is 4.79 Å². The van der Waals surface area contributed by atoms with E-state index in [2.05, 4.69) is 10.5 Å². The highest BCUT2D eigenvalue weighted by molar-refractivity contribution is 5.86. The number of nitrogens with two attached hydrogens (primary N) is 1. The van der Waals surface area contributed by atoms with E-state index in [1.54, 1.807) is 0 Å². The van der Waals surface area contributed by atoms with E-state index in [1.807, 2.05) is 0 Å². The highest BCUT2D eigenvalue weighted by Crippen LogP contribution is 2.63. The molecule has 0 radical (unpaired) electrons. The maximum Gasteiger partial charge on any atom is 0.254 e. The maximum absolute atomic E-state index is 10.8. The lowest BCUT2D eigenvalue weighted by Crippen LogP contribution is -2.57. The van der Waals surface area contributed by atoms with Gasteiger partial charge in [0.25, 0.3) is 6.23 Å². The number of hydrogen-bond donors (Lipinski definition) is 2. The summed E-state index contributed by atoms with van der Waals surface area (Å²) >= 11 is 0. The van der Waals surface area contributed by atoms with Crippen molar-refractivity contribution in [1.82, 2.24) is 5.32 Å². The molecule has 0 aromatic carbocycles. The van der Waals surface area contributed by atoms with E-state index >= 15 is 0 Å². The maximum atomic E-state index is 10.8. The lowest BCUT2D eigenvalue weighted by molar-refractivity contribution is -0.117. The molecule has 0 spiro atoms. The van der Waals surface area contributed by atoms with Crippen molar-refractivity contribution in [3.05, 3.63) is 0 Å². The van der Waals surface area contributed by atoms with Crippen molar-refractivity contribution in [3.8, 4) is 0 Å². The number of nitrogens with one attached hydrogen (secondary N) is 1. The van der Waals surface area contributed by atoms with Crippen LogP contribution in [0.3, 0.4) is 0 Å². The molecule has 0 saturated heterocycles. The number of nitrogens with zero attached hydrogens (tertiary/aromatic N) is 1. The van der Waals surface area contributed by atoms with Crippen LogP contribution in [0.25, 0.3) is 0 Å². The lowest BCUT2D eigenvalue weighted by atomic mass is 9.44.